The first-order valence-corrected chi connectivity index (χ1v) is 9.28. The van der Waals surface area contributed by atoms with E-state index in [-0.39, 0.29) is 12.1 Å². The molecule has 1 heterocycles. The third kappa shape index (κ3) is 7.09. The first-order chi connectivity index (χ1) is 13.9. The van der Waals surface area contributed by atoms with Gasteiger partial charge in [-0.2, -0.15) is 5.10 Å². The summed E-state index contributed by atoms with van der Waals surface area (Å²) in [6, 6.07) is 4.62. The number of aromatic nitrogens is 2. The van der Waals surface area contributed by atoms with Crippen LogP contribution in [0.2, 0.25) is 0 Å². The SMILES string of the molecule is Cc1nn(CC(C)C)c(C)c1CC(=O)OCC(=O)Nc1ccc(OC(F)(F)F)cc1. The summed E-state index contributed by atoms with van der Waals surface area (Å²) in [5.74, 6) is -1.19. The number of hydrogen-bond donors (Lipinski definition) is 1. The van der Waals surface area contributed by atoms with Crippen LogP contribution in [0.4, 0.5) is 18.9 Å². The molecule has 0 aliphatic rings. The van der Waals surface area contributed by atoms with Crippen molar-refractivity contribution in [3.8, 4) is 5.75 Å². The quantitative estimate of drug-likeness (QED) is 0.649. The molecule has 0 unspecified atom stereocenters. The molecule has 7 nitrogen and oxygen atoms in total. The molecule has 0 saturated carbocycles. The van der Waals surface area contributed by atoms with Gasteiger partial charge < -0.3 is 14.8 Å². The zero-order chi connectivity index (χ0) is 22.5. The Morgan fingerprint density at radius 1 is 1.17 bits per heavy atom. The molecule has 0 aliphatic carbocycles. The summed E-state index contributed by atoms with van der Waals surface area (Å²) >= 11 is 0. The highest BCUT2D eigenvalue weighted by atomic mass is 19.4. The first kappa shape index (κ1) is 23.2. The van der Waals surface area contributed by atoms with Crippen molar-refractivity contribution in [3.05, 3.63) is 41.2 Å². The second kappa shape index (κ2) is 9.64. The fourth-order valence-electron chi connectivity index (χ4n) is 2.79. The van der Waals surface area contributed by atoms with E-state index < -0.39 is 30.6 Å². The molecule has 1 aromatic heterocycles. The van der Waals surface area contributed by atoms with Crippen molar-refractivity contribution in [2.24, 2.45) is 5.92 Å². The average molecular weight is 427 g/mol. The van der Waals surface area contributed by atoms with Gasteiger partial charge in [-0.3, -0.25) is 14.3 Å². The molecule has 1 aromatic carbocycles. The van der Waals surface area contributed by atoms with Gasteiger partial charge in [-0.05, 0) is 44.0 Å². The highest BCUT2D eigenvalue weighted by Gasteiger charge is 2.31. The second-order valence-electron chi connectivity index (χ2n) is 7.18. The molecule has 2 rings (SSSR count). The van der Waals surface area contributed by atoms with Crippen molar-refractivity contribution in [3.63, 3.8) is 0 Å². The molecule has 0 radical (unpaired) electrons. The minimum atomic E-state index is -4.79. The van der Waals surface area contributed by atoms with Gasteiger partial charge in [-0.15, -0.1) is 13.2 Å². The maximum atomic E-state index is 12.1. The second-order valence-corrected chi connectivity index (χ2v) is 7.18. The molecule has 1 amide bonds. The number of aryl methyl sites for hydroxylation is 1. The Labute approximate surface area is 172 Å². The number of alkyl halides is 3. The lowest BCUT2D eigenvalue weighted by Gasteiger charge is -2.10. The van der Waals surface area contributed by atoms with E-state index in [1.165, 1.54) is 12.1 Å². The van der Waals surface area contributed by atoms with Crippen molar-refractivity contribution in [2.75, 3.05) is 11.9 Å². The van der Waals surface area contributed by atoms with Gasteiger partial charge in [0.25, 0.3) is 5.91 Å². The molecule has 1 N–H and O–H groups in total. The number of nitrogens with one attached hydrogen (secondary N) is 1. The number of benzene rings is 1. The molecule has 30 heavy (non-hydrogen) atoms. The average Bonchev–Trinajstić information content (AvgIpc) is 2.87. The fraction of sp³-hybridized carbons (Fsp3) is 0.450. The summed E-state index contributed by atoms with van der Waals surface area (Å²) in [6.45, 7) is 8.05. The molecule has 0 fully saturated rings. The van der Waals surface area contributed by atoms with E-state index in [9.17, 15) is 22.8 Å². The number of halogens is 3. The lowest BCUT2D eigenvalue weighted by atomic mass is 10.1. The summed E-state index contributed by atoms with van der Waals surface area (Å²) in [5.41, 5.74) is 2.62. The Morgan fingerprint density at radius 3 is 2.37 bits per heavy atom. The fourth-order valence-corrected chi connectivity index (χ4v) is 2.79. The largest absolute Gasteiger partial charge is 0.573 e. The third-order valence-corrected chi connectivity index (χ3v) is 4.13. The molecule has 10 heteroatoms. The normalized spacial score (nSPS) is 11.5. The van der Waals surface area contributed by atoms with Crippen LogP contribution in [-0.2, 0) is 27.3 Å². The van der Waals surface area contributed by atoms with Gasteiger partial charge in [0.05, 0.1) is 12.1 Å². The number of hydrogen-bond acceptors (Lipinski definition) is 5. The van der Waals surface area contributed by atoms with Crippen LogP contribution < -0.4 is 10.1 Å². The van der Waals surface area contributed by atoms with E-state index >= 15 is 0 Å². The van der Waals surface area contributed by atoms with Gasteiger partial charge in [0, 0.05) is 23.5 Å². The van der Waals surface area contributed by atoms with Crippen LogP contribution >= 0.6 is 0 Å². The van der Waals surface area contributed by atoms with Crippen LogP contribution in [0.15, 0.2) is 24.3 Å². The molecule has 0 bridgehead atoms. The van der Waals surface area contributed by atoms with Crippen LogP contribution in [0, 0.1) is 19.8 Å². The van der Waals surface area contributed by atoms with Crippen molar-refractivity contribution in [2.45, 2.75) is 47.0 Å². The molecule has 0 spiro atoms. The number of carbonyl (C=O) groups excluding carboxylic acids is 2. The Hall–Kier alpha value is -3.04. The van der Waals surface area contributed by atoms with Gasteiger partial charge in [0.15, 0.2) is 6.61 Å². The minimum Gasteiger partial charge on any atom is -0.455 e. The zero-order valence-corrected chi connectivity index (χ0v) is 17.2. The van der Waals surface area contributed by atoms with E-state index in [4.69, 9.17) is 4.74 Å². The van der Waals surface area contributed by atoms with Crippen LogP contribution in [-0.4, -0.2) is 34.6 Å². The van der Waals surface area contributed by atoms with Crippen LogP contribution in [0.25, 0.3) is 0 Å². The lowest BCUT2D eigenvalue weighted by Crippen LogP contribution is -2.22. The maximum absolute atomic E-state index is 12.1. The Balaban J connectivity index is 1.85. The highest BCUT2D eigenvalue weighted by Crippen LogP contribution is 2.24. The van der Waals surface area contributed by atoms with Gasteiger partial charge in [0.1, 0.15) is 5.75 Å². The molecule has 0 atom stereocenters. The van der Waals surface area contributed by atoms with Crippen LogP contribution in [0.3, 0.4) is 0 Å². The molecule has 164 valence electrons. The van der Waals surface area contributed by atoms with Crippen molar-refractivity contribution in [1.29, 1.82) is 0 Å². The van der Waals surface area contributed by atoms with Crippen LogP contribution in [0.5, 0.6) is 5.75 Å². The number of esters is 1. The number of rotatable bonds is 8. The molecular formula is C20H24F3N3O4. The van der Waals surface area contributed by atoms with E-state index in [2.05, 4.69) is 29.0 Å². The zero-order valence-electron chi connectivity index (χ0n) is 17.2. The van der Waals surface area contributed by atoms with Gasteiger partial charge >= 0.3 is 12.3 Å². The molecule has 0 aliphatic heterocycles. The third-order valence-electron chi connectivity index (χ3n) is 4.13. The number of anilines is 1. The Bertz CT molecular complexity index is 890. The monoisotopic (exact) mass is 427 g/mol. The number of nitrogens with zero attached hydrogens (tertiary/aromatic N) is 2. The topological polar surface area (TPSA) is 82.5 Å². The van der Waals surface area contributed by atoms with Crippen molar-refractivity contribution >= 4 is 17.6 Å². The number of ether oxygens (including phenoxy) is 2. The standard InChI is InChI=1S/C20H24F3N3O4/c1-12(2)10-26-14(4)17(13(3)25-26)9-19(28)29-11-18(27)24-15-5-7-16(8-6-15)30-20(21,22)23/h5-8,12H,9-11H2,1-4H3,(H,24,27). The molecular weight excluding hydrogens is 403 g/mol. The van der Waals surface area contributed by atoms with E-state index in [1.807, 2.05) is 18.5 Å². The van der Waals surface area contributed by atoms with E-state index in [1.54, 1.807) is 0 Å². The predicted molar refractivity (Wildman–Crippen MR) is 103 cm³/mol. The number of carbonyl (C=O) groups is 2. The van der Waals surface area contributed by atoms with Gasteiger partial charge in [-0.1, -0.05) is 13.8 Å². The summed E-state index contributed by atoms with van der Waals surface area (Å²) < 4.78 is 47.0. The molecule has 0 saturated heterocycles. The Kier molecular flexibility index (Phi) is 7.47. The van der Waals surface area contributed by atoms with Gasteiger partial charge in [-0.25, -0.2) is 0 Å². The maximum Gasteiger partial charge on any atom is 0.573 e. The Morgan fingerprint density at radius 2 is 1.80 bits per heavy atom. The summed E-state index contributed by atoms with van der Waals surface area (Å²) in [4.78, 5) is 24.0. The smallest absolute Gasteiger partial charge is 0.455 e. The van der Waals surface area contributed by atoms with Gasteiger partial charge in [0.2, 0.25) is 0 Å². The number of amides is 1. The first-order valence-electron chi connectivity index (χ1n) is 9.28. The summed E-state index contributed by atoms with van der Waals surface area (Å²) in [7, 11) is 0. The van der Waals surface area contributed by atoms with E-state index in [0.29, 0.717) is 5.92 Å². The summed E-state index contributed by atoms with van der Waals surface area (Å²) in [5, 5.41) is 6.86. The summed E-state index contributed by atoms with van der Waals surface area (Å²) in [6.07, 6.45) is -4.80. The van der Waals surface area contributed by atoms with Crippen LogP contribution in [0.1, 0.15) is 30.8 Å². The predicted octanol–water partition coefficient (Wildman–Crippen LogP) is 3.78. The highest BCUT2D eigenvalue weighted by molar-refractivity contribution is 5.92. The van der Waals surface area contributed by atoms with Crippen molar-refractivity contribution < 1.29 is 32.2 Å². The molecule has 2 aromatic rings. The lowest BCUT2D eigenvalue weighted by molar-refractivity contribution is -0.274. The van der Waals surface area contributed by atoms with E-state index in [0.717, 1.165) is 35.6 Å². The van der Waals surface area contributed by atoms with Crippen molar-refractivity contribution in [1.82, 2.24) is 9.78 Å². The minimum absolute atomic E-state index is 0.00742.